The van der Waals surface area contributed by atoms with Crippen LogP contribution < -0.4 is 10.5 Å². The third-order valence-electron chi connectivity index (χ3n) is 2.89. The van der Waals surface area contributed by atoms with Gasteiger partial charge >= 0.3 is 0 Å². The molecule has 0 saturated heterocycles. The number of nitrogens with two attached hydrogens (primary N) is 1. The molecule has 0 unspecified atom stereocenters. The van der Waals surface area contributed by atoms with Gasteiger partial charge in [0.15, 0.2) is 0 Å². The molecule has 0 amide bonds. The normalized spacial score (nSPS) is 10.2. The van der Waals surface area contributed by atoms with Gasteiger partial charge in [0, 0.05) is 11.8 Å². The number of nitro benzene ring substituents is 1. The highest BCUT2D eigenvalue weighted by atomic mass is 16.6. The fourth-order valence-electron chi connectivity index (χ4n) is 1.84. The first-order valence-corrected chi connectivity index (χ1v) is 6.37. The quantitative estimate of drug-likeness (QED) is 0.379. The van der Waals surface area contributed by atoms with E-state index in [9.17, 15) is 10.1 Å². The Hall–Kier alpha value is -2.56. The Morgan fingerprint density at radius 3 is 2.60 bits per heavy atom. The highest BCUT2D eigenvalue weighted by Gasteiger charge is 2.05. The summed E-state index contributed by atoms with van der Waals surface area (Å²) in [5.41, 5.74) is 7.61. The van der Waals surface area contributed by atoms with Crippen LogP contribution in [0.5, 0.6) is 5.75 Å². The summed E-state index contributed by atoms with van der Waals surface area (Å²) in [5.74, 6) is 0.525. The lowest BCUT2D eigenvalue weighted by atomic mass is 10.1. The second-order valence-electron chi connectivity index (χ2n) is 4.45. The third-order valence-corrected chi connectivity index (χ3v) is 2.89. The highest BCUT2D eigenvalue weighted by Crippen LogP contribution is 2.19. The average molecular weight is 272 g/mol. The van der Waals surface area contributed by atoms with Gasteiger partial charge in [-0.2, -0.15) is 0 Å². The molecule has 0 radical (unpaired) electrons. The second kappa shape index (κ2) is 6.56. The number of ether oxygens (including phenoxy) is 1. The van der Waals surface area contributed by atoms with Gasteiger partial charge in [0.05, 0.1) is 17.6 Å². The summed E-state index contributed by atoms with van der Waals surface area (Å²) in [6.45, 7) is 0.519. The molecule has 0 heterocycles. The maximum Gasteiger partial charge on any atom is 0.273 e. The fraction of sp³-hybridized carbons (Fsp3) is 0.200. The van der Waals surface area contributed by atoms with Gasteiger partial charge in [0.25, 0.3) is 5.69 Å². The van der Waals surface area contributed by atoms with E-state index in [1.807, 2.05) is 24.3 Å². The first-order chi connectivity index (χ1) is 9.65. The molecule has 0 saturated carbocycles. The van der Waals surface area contributed by atoms with Crippen LogP contribution in [0.2, 0.25) is 0 Å². The molecular formula is C15H16N2O3. The van der Waals surface area contributed by atoms with E-state index in [2.05, 4.69) is 0 Å². The first-order valence-electron chi connectivity index (χ1n) is 6.37. The van der Waals surface area contributed by atoms with E-state index in [0.29, 0.717) is 12.4 Å². The zero-order valence-electron chi connectivity index (χ0n) is 11.0. The van der Waals surface area contributed by atoms with Gasteiger partial charge in [-0.1, -0.05) is 18.2 Å². The van der Waals surface area contributed by atoms with E-state index >= 15 is 0 Å². The molecule has 104 valence electrons. The van der Waals surface area contributed by atoms with Gasteiger partial charge in [-0.3, -0.25) is 10.1 Å². The van der Waals surface area contributed by atoms with Crippen LogP contribution in [0, 0.1) is 10.1 Å². The van der Waals surface area contributed by atoms with E-state index in [-0.39, 0.29) is 5.69 Å². The van der Waals surface area contributed by atoms with Gasteiger partial charge in [0.2, 0.25) is 0 Å². The number of nitrogen functional groups attached to an aromatic ring is 1. The lowest BCUT2D eigenvalue weighted by molar-refractivity contribution is -0.384. The number of non-ortho nitro benzene ring substituents is 1. The second-order valence-corrected chi connectivity index (χ2v) is 4.45. The molecule has 0 aliphatic carbocycles. The van der Waals surface area contributed by atoms with Crippen molar-refractivity contribution in [3.63, 3.8) is 0 Å². The maximum absolute atomic E-state index is 10.6. The molecule has 0 bridgehead atoms. The van der Waals surface area contributed by atoms with E-state index in [0.717, 1.165) is 18.5 Å². The monoisotopic (exact) mass is 272 g/mol. The predicted octanol–water partition coefficient (Wildman–Crippen LogP) is 3.19. The van der Waals surface area contributed by atoms with Crippen LogP contribution in [-0.4, -0.2) is 11.5 Å². The summed E-state index contributed by atoms with van der Waals surface area (Å²) >= 11 is 0. The standard InChI is InChI=1S/C15H16N2O3/c16-13-8-6-12(7-9-13)3-2-10-20-15-5-1-4-14(11-15)17(18)19/h1,4-9,11H,2-3,10,16H2. The van der Waals surface area contributed by atoms with Crippen LogP contribution in [-0.2, 0) is 6.42 Å². The lowest BCUT2D eigenvalue weighted by Crippen LogP contribution is -2.00. The molecule has 2 aromatic carbocycles. The van der Waals surface area contributed by atoms with Crippen molar-refractivity contribution in [3.8, 4) is 5.75 Å². The molecular weight excluding hydrogens is 256 g/mol. The number of nitro groups is 1. The fourth-order valence-corrected chi connectivity index (χ4v) is 1.84. The Labute approximate surface area is 117 Å². The van der Waals surface area contributed by atoms with Crippen LogP contribution in [0.15, 0.2) is 48.5 Å². The summed E-state index contributed by atoms with van der Waals surface area (Å²) in [5, 5.41) is 10.6. The molecule has 0 atom stereocenters. The van der Waals surface area contributed by atoms with Crippen LogP contribution in [0.4, 0.5) is 11.4 Å². The van der Waals surface area contributed by atoms with Crippen molar-refractivity contribution in [2.45, 2.75) is 12.8 Å². The van der Waals surface area contributed by atoms with E-state index in [1.165, 1.54) is 17.7 Å². The van der Waals surface area contributed by atoms with Crippen LogP contribution in [0.3, 0.4) is 0 Å². The topological polar surface area (TPSA) is 78.4 Å². The summed E-state index contributed by atoms with van der Waals surface area (Å²) in [6, 6.07) is 13.9. The number of nitrogens with zero attached hydrogens (tertiary/aromatic N) is 1. The molecule has 2 rings (SSSR count). The SMILES string of the molecule is Nc1ccc(CCCOc2cccc([N+](=O)[O-])c2)cc1. The van der Waals surface area contributed by atoms with Crippen LogP contribution >= 0.6 is 0 Å². The van der Waals surface area contributed by atoms with Crippen molar-refractivity contribution in [2.75, 3.05) is 12.3 Å². The van der Waals surface area contributed by atoms with Crippen LogP contribution in [0.1, 0.15) is 12.0 Å². The molecule has 5 nitrogen and oxygen atoms in total. The van der Waals surface area contributed by atoms with Gasteiger partial charge in [-0.05, 0) is 36.6 Å². The van der Waals surface area contributed by atoms with Crippen molar-refractivity contribution >= 4 is 11.4 Å². The minimum atomic E-state index is -0.429. The Morgan fingerprint density at radius 2 is 1.90 bits per heavy atom. The number of aryl methyl sites for hydroxylation is 1. The summed E-state index contributed by atoms with van der Waals surface area (Å²) in [6.07, 6.45) is 1.72. The molecule has 0 fully saturated rings. The Balaban J connectivity index is 1.79. The molecule has 0 spiro atoms. The molecule has 20 heavy (non-hydrogen) atoms. The lowest BCUT2D eigenvalue weighted by Gasteiger charge is -2.06. The Bertz CT molecular complexity index is 582. The number of hydrogen-bond acceptors (Lipinski definition) is 4. The zero-order chi connectivity index (χ0) is 14.4. The predicted molar refractivity (Wildman–Crippen MR) is 77.8 cm³/mol. The summed E-state index contributed by atoms with van der Waals surface area (Å²) in [7, 11) is 0. The zero-order valence-corrected chi connectivity index (χ0v) is 11.0. The van der Waals surface area contributed by atoms with Crippen molar-refractivity contribution < 1.29 is 9.66 Å². The van der Waals surface area contributed by atoms with Gasteiger partial charge in [0.1, 0.15) is 5.75 Å². The van der Waals surface area contributed by atoms with Crippen molar-refractivity contribution in [2.24, 2.45) is 0 Å². The minimum absolute atomic E-state index is 0.0426. The third kappa shape index (κ3) is 3.98. The van der Waals surface area contributed by atoms with Gasteiger partial charge in [-0.25, -0.2) is 0 Å². The Kier molecular flexibility index (Phi) is 4.55. The molecule has 2 aromatic rings. The molecule has 0 aromatic heterocycles. The molecule has 2 N–H and O–H groups in total. The number of anilines is 1. The molecule has 0 aliphatic heterocycles. The number of hydrogen-bond donors (Lipinski definition) is 1. The van der Waals surface area contributed by atoms with Crippen molar-refractivity contribution in [3.05, 3.63) is 64.2 Å². The van der Waals surface area contributed by atoms with E-state index in [1.54, 1.807) is 12.1 Å². The number of rotatable bonds is 6. The largest absolute Gasteiger partial charge is 0.493 e. The number of benzene rings is 2. The van der Waals surface area contributed by atoms with Crippen molar-refractivity contribution in [1.82, 2.24) is 0 Å². The minimum Gasteiger partial charge on any atom is -0.493 e. The Morgan fingerprint density at radius 1 is 1.15 bits per heavy atom. The van der Waals surface area contributed by atoms with Gasteiger partial charge in [-0.15, -0.1) is 0 Å². The summed E-state index contributed by atoms with van der Waals surface area (Å²) < 4.78 is 5.51. The van der Waals surface area contributed by atoms with Crippen molar-refractivity contribution in [1.29, 1.82) is 0 Å². The van der Waals surface area contributed by atoms with E-state index in [4.69, 9.17) is 10.5 Å². The first kappa shape index (κ1) is 13.9. The smallest absolute Gasteiger partial charge is 0.273 e. The molecule has 0 aliphatic rings. The van der Waals surface area contributed by atoms with Gasteiger partial charge < -0.3 is 10.5 Å². The van der Waals surface area contributed by atoms with E-state index < -0.39 is 4.92 Å². The maximum atomic E-state index is 10.6. The van der Waals surface area contributed by atoms with Crippen LogP contribution in [0.25, 0.3) is 0 Å². The highest BCUT2D eigenvalue weighted by molar-refractivity contribution is 5.39. The molecule has 5 heteroatoms. The summed E-state index contributed by atoms with van der Waals surface area (Å²) in [4.78, 5) is 10.2. The average Bonchev–Trinajstić information content (AvgIpc) is 2.46.